The third-order valence-electron chi connectivity index (χ3n) is 1.63. The van der Waals surface area contributed by atoms with Gasteiger partial charge in [-0.3, -0.25) is 0 Å². The first-order chi connectivity index (χ1) is 7.17. The minimum absolute atomic E-state index is 0.100. The van der Waals surface area contributed by atoms with E-state index in [1.807, 2.05) is 6.07 Å². The molecule has 0 spiro atoms. The fourth-order valence-corrected chi connectivity index (χ4v) is 0.924. The number of aromatic nitrogens is 2. The Balaban J connectivity index is 2.64. The zero-order valence-electron chi connectivity index (χ0n) is 8.56. The summed E-state index contributed by atoms with van der Waals surface area (Å²) in [5.41, 5.74) is 0. The van der Waals surface area contributed by atoms with E-state index in [-0.39, 0.29) is 24.2 Å². The Morgan fingerprint density at radius 2 is 2.47 bits per heavy atom. The molecular formula is C9H11N3O3. The second-order valence-corrected chi connectivity index (χ2v) is 2.97. The van der Waals surface area contributed by atoms with Crippen LogP contribution in [0.15, 0.2) is 4.52 Å². The summed E-state index contributed by atoms with van der Waals surface area (Å²) in [6.45, 7) is 3.68. The van der Waals surface area contributed by atoms with Gasteiger partial charge in [-0.2, -0.15) is 10.2 Å². The predicted molar refractivity (Wildman–Crippen MR) is 48.7 cm³/mol. The van der Waals surface area contributed by atoms with Gasteiger partial charge in [0.1, 0.15) is 0 Å². The Morgan fingerprint density at radius 3 is 3.07 bits per heavy atom. The van der Waals surface area contributed by atoms with Crippen molar-refractivity contribution in [2.24, 2.45) is 5.92 Å². The highest BCUT2D eigenvalue weighted by Gasteiger charge is 2.16. The predicted octanol–water partition coefficient (Wildman–Crippen LogP) is 0.948. The molecule has 1 aromatic heterocycles. The Hall–Kier alpha value is -1.90. The molecule has 80 valence electrons. The van der Waals surface area contributed by atoms with Crippen molar-refractivity contribution < 1.29 is 14.1 Å². The van der Waals surface area contributed by atoms with Crippen molar-refractivity contribution in [3.05, 3.63) is 11.7 Å². The lowest BCUT2D eigenvalue weighted by Crippen LogP contribution is -2.07. The number of ether oxygens (including phenoxy) is 1. The molecule has 0 aliphatic carbocycles. The van der Waals surface area contributed by atoms with E-state index in [2.05, 4.69) is 14.9 Å². The number of rotatable bonds is 4. The van der Waals surface area contributed by atoms with E-state index in [9.17, 15) is 4.79 Å². The van der Waals surface area contributed by atoms with Gasteiger partial charge in [-0.15, -0.1) is 0 Å². The van der Waals surface area contributed by atoms with Gasteiger partial charge in [0.2, 0.25) is 5.89 Å². The number of hydrogen-bond donors (Lipinski definition) is 0. The summed E-state index contributed by atoms with van der Waals surface area (Å²) in [6.07, 6.45) is 0.336. The molecule has 0 aliphatic rings. The Labute approximate surface area is 86.8 Å². The van der Waals surface area contributed by atoms with Crippen LogP contribution < -0.4 is 0 Å². The third-order valence-corrected chi connectivity index (χ3v) is 1.63. The Morgan fingerprint density at radius 1 is 1.73 bits per heavy atom. The number of carbonyl (C=O) groups excluding carboxylic acids is 1. The summed E-state index contributed by atoms with van der Waals surface area (Å²) in [5.74, 6) is -0.665. The Bertz CT molecular complexity index is 380. The van der Waals surface area contributed by atoms with Crippen LogP contribution in [0.5, 0.6) is 0 Å². The molecule has 0 radical (unpaired) electrons. The number of carbonyl (C=O) groups is 1. The van der Waals surface area contributed by atoms with Crippen molar-refractivity contribution in [3.8, 4) is 6.07 Å². The van der Waals surface area contributed by atoms with Crippen LogP contribution in [-0.4, -0.2) is 22.7 Å². The molecule has 0 saturated carbocycles. The first-order valence-electron chi connectivity index (χ1n) is 4.56. The molecule has 0 amide bonds. The maximum atomic E-state index is 11.1. The van der Waals surface area contributed by atoms with E-state index >= 15 is 0 Å². The summed E-state index contributed by atoms with van der Waals surface area (Å²) in [4.78, 5) is 15.0. The fraction of sp³-hybridized carbons (Fsp3) is 0.556. The fourth-order valence-electron chi connectivity index (χ4n) is 0.924. The van der Waals surface area contributed by atoms with Gasteiger partial charge in [0.15, 0.2) is 0 Å². The van der Waals surface area contributed by atoms with E-state index < -0.39 is 5.97 Å². The smallest absolute Gasteiger partial charge is 0.379 e. The molecule has 1 rings (SSSR count). The molecule has 15 heavy (non-hydrogen) atoms. The molecule has 6 heteroatoms. The molecule has 0 aliphatic heterocycles. The minimum atomic E-state index is -0.614. The molecule has 1 aromatic rings. The molecule has 1 unspecified atom stereocenters. The standard InChI is InChI=1S/C9H11N3O3/c1-3-14-9(13)8-11-7(15-12-8)4-6(2)5-10/h6H,3-4H2,1-2H3. The van der Waals surface area contributed by atoms with E-state index in [0.717, 1.165) is 0 Å². The van der Waals surface area contributed by atoms with Crippen LogP contribution >= 0.6 is 0 Å². The summed E-state index contributed by atoms with van der Waals surface area (Å²) in [6, 6.07) is 2.03. The number of nitrogens with zero attached hydrogens (tertiary/aromatic N) is 3. The summed E-state index contributed by atoms with van der Waals surface area (Å²) >= 11 is 0. The van der Waals surface area contributed by atoms with E-state index in [0.29, 0.717) is 6.42 Å². The summed E-state index contributed by atoms with van der Waals surface area (Å²) in [7, 11) is 0. The van der Waals surface area contributed by atoms with Crippen LogP contribution in [0.25, 0.3) is 0 Å². The van der Waals surface area contributed by atoms with Gasteiger partial charge in [0.05, 0.1) is 18.6 Å². The van der Waals surface area contributed by atoms with Gasteiger partial charge in [-0.25, -0.2) is 4.79 Å². The van der Waals surface area contributed by atoms with Gasteiger partial charge >= 0.3 is 5.97 Å². The number of hydrogen-bond acceptors (Lipinski definition) is 6. The lowest BCUT2D eigenvalue weighted by molar-refractivity contribution is 0.0508. The number of nitriles is 1. The molecule has 0 fully saturated rings. The zero-order chi connectivity index (χ0) is 11.3. The molecule has 0 saturated heterocycles. The second kappa shape index (κ2) is 5.10. The van der Waals surface area contributed by atoms with Crippen LogP contribution in [0, 0.1) is 17.2 Å². The van der Waals surface area contributed by atoms with Gasteiger partial charge in [-0.05, 0) is 19.0 Å². The van der Waals surface area contributed by atoms with Crippen molar-refractivity contribution in [2.75, 3.05) is 6.61 Å². The average Bonchev–Trinajstić information content (AvgIpc) is 2.66. The minimum Gasteiger partial charge on any atom is -0.460 e. The highest BCUT2D eigenvalue weighted by molar-refractivity contribution is 5.84. The van der Waals surface area contributed by atoms with Gasteiger partial charge in [0.25, 0.3) is 5.82 Å². The summed E-state index contributed by atoms with van der Waals surface area (Å²) < 4.78 is 9.48. The third kappa shape index (κ3) is 3.06. The van der Waals surface area contributed by atoms with E-state index in [4.69, 9.17) is 9.78 Å². The SMILES string of the molecule is CCOC(=O)c1noc(CC(C)C#N)n1. The second-order valence-electron chi connectivity index (χ2n) is 2.97. The van der Waals surface area contributed by atoms with Crippen molar-refractivity contribution in [1.82, 2.24) is 10.1 Å². The largest absolute Gasteiger partial charge is 0.460 e. The molecule has 1 atom stereocenters. The van der Waals surface area contributed by atoms with Crippen molar-refractivity contribution in [3.63, 3.8) is 0 Å². The van der Waals surface area contributed by atoms with Crippen LogP contribution in [0.4, 0.5) is 0 Å². The quantitative estimate of drug-likeness (QED) is 0.686. The van der Waals surface area contributed by atoms with Crippen LogP contribution in [0.1, 0.15) is 30.4 Å². The summed E-state index contributed by atoms with van der Waals surface area (Å²) in [5, 5.41) is 12.0. The maximum Gasteiger partial charge on any atom is 0.379 e. The maximum absolute atomic E-state index is 11.1. The highest BCUT2D eigenvalue weighted by atomic mass is 16.5. The molecule has 1 heterocycles. The van der Waals surface area contributed by atoms with Crippen LogP contribution in [-0.2, 0) is 11.2 Å². The van der Waals surface area contributed by atoms with E-state index in [1.54, 1.807) is 13.8 Å². The average molecular weight is 209 g/mol. The normalized spacial score (nSPS) is 11.8. The van der Waals surface area contributed by atoms with Crippen molar-refractivity contribution in [2.45, 2.75) is 20.3 Å². The van der Waals surface area contributed by atoms with Crippen LogP contribution in [0.2, 0.25) is 0 Å². The molecular weight excluding hydrogens is 198 g/mol. The monoisotopic (exact) mass is 209 g/mol. The topological polar surface area (TPSA) is 89.0 Å². The highest BCUT2D eigenvalue weighted by Crippen LogP contribution is 2.06. The first-order valence-corrected chi connectivity index (χ1v) is 4.56. The lowest BCUT2D eigenvalue weighted by atomic mass is 10.1. The van der Waals surface area contributed by atoms with Crippen LogP contribution in [0.3, 0.4) is 0 Å². The zero-order valence-corrected chi connectivity index (χ0v) is 8.56. The first kappa shape index (κ1) is 11.2. The van der Waals surface area contributed by atoms with Gasteiger partial charge < -0.3 is 9.26 Å². The molecule has 0 N–H and O–H groups in total. The van der Waals surface area contributed by atoms with E-state index in [1.165, 1.54) is 0 Å². The van der Waals surface area contributed by atoms with Gasteiger partial charge in [-0.1, -0.05) is 0 Å². The van der Waals surface area contributed by atoms with Crippen molar-refractivity contribution >= 4 is 5.97 Å². The Kier molecular flexibility index (Phi) is 3.80. The number of esters is 1. The molecule has 6 nitrogen and oxygen atoms in total. The lowest BCUT2D eigenvalue weighted by Gasteiger charge is -1.94. The molecule has 0 aromatic carbocycles. The van der Waals surface area contributed by atoms with Crippen molar-refractivity contribution in [1.29, 1.82) is 5.26 Å². The molecule has 0 bridgehead atoms. The van der Waals surface area contributed by atoms with Gasteiger partial charge in [0, 0.05) is 6.42 Å².